The molecule has 84 valence electrons. The number of alkyl halides is 1. The van der Waals surface area contributed by atoms with Gasteiger partial charge < -0.3 is 5.32 Å². The highest BCUT2D eigenvalue weighted by Crippen LogP contribution is 2.28. The number of halogens is 1. The van der Waals surface area contributed by atoms with Gasteiger partial charge in [-0.1, -0.05) is 20.3 Å². The molecule has 1 N–H and O–H groups in total. The molecule has 0 bridgehead atoms. The van der Waals surface area contributed by atoms with Crippen LogP contribution < -0.4 is 5.32 Å². The molecule has 0 heterocycles. The summed E-state index contributed by atoms with van der Waals surface area (Å²) in [5.41, 5.74) is 0. The first-order valence-electron chi connectivity index (χ1n) is 6.07. The number of rotatable bonds is 6. The maximum atomic E-state index is 6.07. The predicted molar refractivity (Wildman–Crippen MR) is 63.9 cm³/mol. The van der Waals surface area contributed by atoms with Gasteiger partial charge in [0.2, 0.25) is 0 Å². The van der Waals surface area contributed by atoms with Crippen LogP contribution in [0.5, 0.6) is 0 Å². The van der Waals surface area contributed by atoms with Crippen LogP contribution in [0.2, 0.25) is 0 Å². The fourth-order valence-electron chi connectivity index (χ4n) is 2.33. The fourth-order valence-corrected chi connectivity index (χ4v) is 2.71. The Morgan fingerprint density at radius 3 is 2.79 bits per heavy atom. The van der Waals surface area contributed by atoms with Crippen molar-refractivity contribution in [1.29, 1.82) is 0 Å². The van der Waals surface area contributed by atoms with E-state index in [2.05, 4.69) is 19.2 Å². The van der Waals surface area contributed by atoms with Crippen LogP contribution in [0.3, 0.4) is 0 Å². The van der Waals surface area contributed by atoms with Crippen LogP contribution in [0.15, 0.2) is 0 Å². The summed E-state index contributed by atoms with van der Waals surface area (Å²) in [4.78, 5) is 0. The first kappa shape index (κ1) is 12.3. The average molecular weight is 218 g/mol. The van der Waals surface area contributed by atoms with Gasteiger partial charge in [-0.2, -0.15) is 0 Å². The van der Waals surface area contributed by atoms with E-state index < -0.39 is 0 Å². The van der Waals surface area contributed by atoms with Gasteiger partial charge in [0.1, 0.15) is 0 Å². The summed E-state index contributed by atoms with van der Waals surface area (Å²) < 4.78 is 0. The van der Waals surface area contributed by atoms with Crippen LogP contribution in [-0.4, -0.2) is 18.5 Å². The molecule has 0 amide bonds. The third kappa shape index (κ3) is 4.65. The van der Waals surface area contributed by atoms with Gasteiger partial charge in [-0.15, -0.1) is 11.6 Å². The van der Waals surface area contributed by atoms with E-state index in [4.69, 9.17) is 11.6 Å². The van der Waals surface area contributed by atoms with Crippen molar-refractivity contribution in [3.63, 3.8) is 0 Å². The van der Waals surface area contributed by atoms with E-state index in [-0.39, 0.29) is 0 Å². The number of hydrogen-bond acceptors (Lipinski definition) is 1. The van der Waals surface area contributed by atoms with E-state index >= 15 is 0 Å². The van der Waals surface area contributed by atoms with E-state index in [0.29, 0.717) is 5.38 Å². The Morgan fingerprint density at radius 2 is 2.21 bits per heavy atom. The Hall–Kier alpha value is 0.250. The van der Waals surface area contributed by atoms with Gasteiger partial charge in [0.05, 0.1) is 0 Å². The standard InChI is InChI=1S/C12H24ClN/c1-3-4-10(2)8-14-9-11-5-6-12(13)7-11/h10-12,14H,3-9H2,1-2H3. The fraction of sp³-hybridized carbons (Fsp3) is 1.00. The monoisotopic (exact) mass is 217 g/mol. The predicted octanol–water partition coefficient (Wildman–Crippen LogP) is 3.42. The van der Waals surface area contributed by atoms with E-state index in [0.717, 1.165) is 11.8 Å². The molecule has 2 heteroatoms. The second-order valence-corrected chi connectivity index (χ2v) is 5.45. The Bertz CT molecular complexity index is 149. The molecule has 0 radical (unpaired) electrons. The van der Waals surface area contributed by atoms with Gasteiger partial charge in [-0.3, -0.25) is 0 Å². The van der Waals surface area contributed by atoms with Crippen molar-refractivity contribution < 1.29 is 0 Å². The van der Waals surface area contributed by atoms with Crippen LogP contribution in [-0.2, 0) is 0 Å². The van der Waals surface area contributed by atoms with Gasteiger partial charge >= 0.3 is 0 Å². The maximum Gasteiger partial charge on any atom is 0.0339 e. The minimum Gasteiger partial charge on any atom is -0.316 e. The maximum absolute atomic E-state index is 6.07. The van der Waals surface area contributed by atoms with Crippen molar-refractivity contribution in [2.75, 3.05) is 13.1 Å². The lowest BCUT2D eigenvalue weighted by molar-refractivity contribution is 0.429. The topological polar surface area (TPSA) is 12.0 Å². The van der Waals surface area contributed by atoms with Gasteiger partial charge in [0.15, 0.2) is 0 Å². The smallest absolute Gasteiger partial charge is 0.0339 e. The number of nitrogens with one attached hydrogen (secondary N) is 1. The van der Waals surface area contributed by atoms with Crippen LogP contribution >= 0.6 is 11.6 Å². The summed E-state index contributed by atoms with van der Waals surface area (Å²) >= 11 is 6.07. The SMILES string of the molecule is CCCC(C)CNCC1CCC(Cl)C1. The van der Waals surface area contributed by atoms with E-state index in [9.17, 15) is 0 Å². The normalized spacial score (nSPS) is 29.4. The van der Waals surface area contributed by atoms with E-state index in [1.807, 2.05) is 0 Å². The summed E-state index contributed by atoms with van der Waals surface area (Å²) in [6.07, 6.45) is 6.41. The highest BCUT2D eigenvalue weighted by Gasteiger charge is 2.22. The molecule has 3 unspecified atom stereocenters. The highest BCUT2D eigenvalue weighted by atomic mass is 35.5. The van der Waals surface area contributed by atoms with Crippen molar-refractivity contribution in [2.45, 2.75) is 51.3 Å². The van der Waals surface area contributed by atoms with Crippen molar-refractivity contribution in [1.82, 2.24) is 5.32 Å². The largest absolute Gasteiger partial charge is 0.316 e. The zero-order valence-corrected chi connectivity index (χ0v) is 10.3. The van der Waals surface area contributed by atoms with Gasteiger partial charge in [0, 0.05) is 5.38 Å². The highest BCUT2D eigenvalue weighted by molar-refractivity contribution is 6.20. The molecular formula is C12H24ClN. The average Bonchev–Trinajstić information content (AvgIpc) is 2.52. The van der Waals surface area contributed by atoms with Crippen LogP contribution in [0, 0.1) is 11.8 Å². The lowest BCUT2D eigenvalue weighted by atomic mass is 10.1. The molecule has 1 aliphatic rings. The van der Waals surface area contributed by atoms with Crippen molar-refractivity contribution in [3.8, 4) is 0 Å². The molecule has 0 spiro atoms. The molecule has 1 nitrogen and oxygen atoms in total. The zero-order chi connectivity index (χ0) is 10.4. The Balaban J connectivity index is 1.98. The summed E-state index contributed by atoms with van der Waals surface area (Å²) in [6, 6.07) is 0. The summed E-state index contributed by atoms with van der Waals surface area (Å²) in [5, 5.41) is 4.03. The van der Waals surface area contributed by atoms with Crippen LogP contribution in [0.1, 0.15) is 46.0 Å². The quantitative estimate of drug-likeness (QED) is 0.673. The molecule has 1 rings (SSSR count). The molecule has 14 heavy (non-hydrogen) atoms. The molecule has 0 saturated heterocycles. The lowest BCUT2D eigenvalue weighted by Gasteiger charge is -2.14. The first-order valence-corrected chi connectivity index (χ1v) is 6.50. The second kappa shape index (κ2) is 6.68. The minimum absolute atomic E-state index is 0.454. The summed E-state index contributed by atoms with van der Waals surface area (Å²) in [7, 11) is 0. The second-order valence-electron chi connectivity index (χ2n) is 4.83. The van der Waals surface area contributed by atoms with Crippen molar-refractivity contribution in [3.05, 3.63) is 0 Å². The Labute approximate surface area is 93.6 Å². The van der Waals surface area contributed by atoms with Crippen molar-refractivity contribution in [2.24, 2.45) is 11.8 Å². The molecule has 1 saturated carbocycles. The number of hydrogen-bond donors (Lipinski definition) is 1. The summed E-state index contributed by atoms with van der Waals surface area (Å²) in [6.45, 7) is 6.94. The van der Waals surface area contributed by atoms with Gasteiger partial charge in [0.25, 0.3) is 0 Å². The van der Waals surface area contributed by atoms with E-state index in [1.165, 1.54) is 45.2 Å². The summed E-state index contributed by atoms with van der Waals surface area (Å²) in [5.74, 6) is 1.67. The molecule has 0 aliphatic heterocycles. The molecule has 3 atom stereocenters. The lowest BCUT2D eigenvalue weighted by Crippen LogP contribution is -2.26. The van der Waals surface area contributed by atoms with E-state index in [1.54, 1.807) is 0 Å². The Kier molecular flexibility index (Phi) is 5.88. The first-order chi connectivity index (χ1) is 6.72. The molecule has 0 aromatic rings. The molecule has 0 aromatic carbocycles. The molecule has 1 aliphatic carbocycles. The molecule has 1 fully saturated rings. The zero-order valence-electron chi connectivity index (χ0n) is 9.56. The van der Waals surface area contributed by atoms with Crippen LogP contribution in [0.25, 0.3) is 0 Å². The van der Waals surface area contributed by atoms with Crippen LogP contribution in [0.4, 0.5) is 0 Å². The third-order valence-corrected chi connectivity index (χ3v) is 3.58. The van der Waals surface area contributed by atoms with Gasteiger partial charge in [-0.25, -0.2) is 0 Å². The molecular weight excluding hydrogens is 194 g/mol. The minimum atomic E-state index is 0.454. The van der Waals surface area contributed by atoms with Crippen molar-refractivity contribution >= 4 is 11.6 Å². The third-order valence-electron chi connectivity index (χ3n) is 3.18. The van der Waals surface area contributed by atoms with Gasteiger partial charge in [-0.05, 0) is 50.6 Å². The Morgan fingerprint density at radius 1 is 1.43 bits per heavy atom. The molecule has 0 aromatic heterocycles.